The maximum atomic E-state index is 12.6. The molecule has 134 valence electrons. The van der Waals surface area contributed by atoms with Gasteiger partial charge in [-0.3, -0.25) is 4.79 Å². The number of anilines is 1. The maximum absolute atomic E-state index is 12.6. The number of hydrogen-bond donors (Lipinski definition) is 1. The fourth-order valence-corrected chi connectivity index (χ4v) is 2.90. The molecule has 0 unspecified atom stereocenters. The van der Waals surface area contributed by atoms with Crippen LogP contribution in [0, 0.1) is 5.92 Å². The highest BCUT2D eigenvalue weighted by atomic mass is 16.5. The van der Waals surface area contributed by atoms with Gasteiger partial charge in [0.2, 0.25) is 0 Å². The van der Waals surface area contributed by atoms with Crippen LogP contribution >= 0.6 is 0 Å². The lowest BCUT2D eigenvalue weighted by Gasteiger charge is -2.16. The van der Waals surface area contributed by atoms with Crippen LogP contribution < -0.4 is 14.8 Å². The first-order valence-corrected chi connectivity index (χ1v) is 8.88. The number of carbonyl (C=O) groups is 1. The molecule has 6 nitrogen and oxygen atoms in total. The van der Waals surface area contributed by atoms with Gasteiger partial charge in [-0.2, -0.15) is 5.10 Å². The zero-order valence-corrected chi connectivity index (χ0v) is 15.0. The Kier molecular flexibility index (Phi) is 5.26. The van der Waals surface area contributed by atoms with Crippen LogP contribution in [0.4, 0.5) is 5.82 Å². The summed E-state index contributed by atoms with van der Waals surface area (Å²) in [5.41, 5.74) is 0.527. The van der Waals surface area contributed by atoms with E-state index in [1.54, 1.807) is 24.4 Å². The molecule has 1 fully saturated rings. The molecule has 25 heavy (non-hydrogen) atoms. The lowest BCUT2D eigenvalue weighted by atomic mass is 10.2. The zero-order chi connectivity index (χ0) is 17.8. The number of nitrogens with zero attached hydrogens (tertiary/aromatic N) is 2. The SMILES string of the molecule is CCOc1ccc(C(=O)Nc2ccnn2[C@@H](C)C2CC2)cc1OCC. The Morgan fingerprint density at radius 3 is 2.64 bits per heavy atom. The van der Waals surface area contributed by atoms with Crippen LogP contribution in [0.25, 0.3) is 0 Å². The van der Waals surface area contributed by atoms with Gasteiger partial charge in [0.25, 0.3) is 5.91 Å². The molecule has 1 aliphatic rings. The summed E-state index contributed by atoms with van der Waals surface area (Å²) >= 11 is 0. The van der Waals surface area contributed by atoms with Gasteiger partial charge in [0.1, 0.15) is 5.82 Å². The van der Waals surface area contributed by atoms with Crippen molar-refractivity contribution in [3.63, 3.8) is 0 Å². The lowest BCUT2D eigenvalue weighted by Crippen LogP contribution is -2.18. The minimum Gasteiger partial charge on any atom is -0.490 e. The fourth-order valence-electron chi connectivity index (χ4n) is 2.90. The molecule has 0 saturated heterocycles. The predicted octanol–water partition coefficient (Wildman–Crippen LogP) is 3.90. The highest BCUT2D eigenvalue weighted by Gasteiger charge is 2.30. The third kappa shape index (κ3) is 3.95. The van der Waals surface area contributed by atoms with Crippen LogP contribution in [0.15, 0.2) is 30.5 Å². The van der Waals surface area contributed by atoms with Crippen molar-refractivity contribution in [3.8, 4) is 11.5 Å². The van der Waals surface area contributed by atoms with Crippen molar-refractivity contribution in [2.24, 2.45) is 5.92 Å². The van der Waals surface area contributed by atoms with E-state index in [0.717, 1.165) is 5.82 Å². The second-order valence-electron chi connectivity index (χ2n) is 6.22. The quantitative estimate of drug-likeness (QED) is 0.789. The molecule has 1 aliphatic carbocycles. The summed E-state index contributed by atoms with van der Waals surface area (Å²) in [5, 5.41) is 7.32. The standard InChI is InChI=1S/C19H25N3O3/c1-4-24-16-9-8-15(12-17(16)25-5-2)19(23)21-18-10-11-20-22(18)13(3)14-6-7-14/h8-14H,4-7H2,1-3H3,(H,21,23)/t13-/m0/s1. The zero-order valence-electron chi connectivity index (χ0n) is 15.0. The summed E-state index contributed by atoms with van der Waals surface area (Å²) in [5.74, 6) is 2.42. The Morgan fingerprint density at radius 2 is 1.96 bits per heavy atom. The summed E-state index contributed by atoms with van der Waals surface area (Å²) in [7, 11) is 0. The number of ether oxygens (including phenoxy) is 2. The van der Waals surface area contributed by atoms with Crippen molar-refractivity contribution < 1.29 is 14.3 Å². The van der Waals surface area contributed by atoms with Crippen LogP contribution in [0.5, 0.6) is 11.5 Å². The molecule has 0 radical (unpaired) electrons. The molecular formula is C19H25N3O3. The summed E-state index contributed by atoms with van der Waals surface area (Å²) in [6.45, 7) is 7.02. The van der Waals surface area contributed by atoms with Crippen LogP contribution in [-0.4, -0.2) is 28.9 Å². The minimum atomic E-state index is -0.186. The number of rotatable bonds is 8. The molecule has 0 spiro atoms. The first-order chi connectivity index (χ1) is 12.1. The smallest absolute Gasteiger partial charge is 0.256 e. The number of carbonyl (C=O) groups excluding carboxylic acids is 1. The van der Waals surface area contributed by atoms with Gasteiger partial charge in [-0.15, -0.1) is 0 Å². The molecule has 0 aliphatic heterocycles. The molecule has 2 aromatic rings. The second kappa shape index (κ2) is 7.59. The molecule has 1 heterocycles. The molecule has 1 N–H and O–H groups in total. The van der Waals surface area contributed by atoms with Crippen molar-refractivity contribution in [1.29, 1.82) is 0 Å². The van der Waals surface area contributed by atoms with Crippen molar-refractivity contribution >= 4 is 11.7 Å². The normalized spacial score (nSPS) is 14.8. The molecular weight excluding hydrogens is 318 g/mol. The van der Waals surface area contributed by atoms with E-state index >= 15 is 0 Å². The van der Waals surface area contributed by atoms with Crippen LogP contribution in [-0.2, 0) is 0 Å². The first-order valence-electron chi connectivity index (χ1n) is 8.88. The second-order valence-corrected chi connectivity index (χ2v) is 6.22. The van der Waals surface area contributed by atoms with Crippen molar-refractivity contribution in [3.05, 3.63) is 36.0 Å². The van der Waals surface area contributed by atoms with Crippen molar-refractivity contribution in [2.75, 3.05) is 18.5 Å². The van der Waals surface area contributed by atoms with Gasteiger partial charge in [0.15, 0.2) is 11.5 Å². The number of nitrogens with one attached hydrogen (secondary N) is 1. The number of aromatic nitrogens is 2. The largest absolute Gasteiger partial charge is 0.490 e. The van der Waals surface area contributed by atoms with Gasteiger partial charge in [-0.1, -0.05) is 0 Å². The van der Waals surface area contributed by atoms with E-state index in [9.17, 15) is 4.79 Å². The number of amides is 1. The van der Waals surface area contributed by atoms with E-state index < -0.39 is 0 Å². The monoisotopic (exact) mass is 343 g/mol. The Morgan fingerprint density at radius 1 is 1.24 bits per heavy atom. The Labute approximate surface area is 148 Å². The Bertz CT molecular complexity index is 737. The van der Waals surface area contributed by atoms with Crippen molar-refractivity contribution in [1.82, 2.24) is 9.78 Å². The molecule has 1 aromatic heterocycles. The third-order valence-electron chi connectivity index (χ3n) is 4.41. The topological polar surface area (TPSA) is 65.4 Å². The lowest BCUT2D eigenvalue weighted by molar-refractivity contribution is 0.102. The highest BCUT2D eigenvalue weighted by molar-refractivity contribution is 6.04. The van der Waals surface area contributed by atoms with Gasteiger partial charge < -0.3 is 14.8 Å². The summed E-state index contributed by atoms with van der Waals surface area (Å²) in [6.07, 6.45) is 4.17. The van der Waals surface area contributed by atoms with Crippen LogP contribution in [0.2, 0.25) is 0 Å². The summed E-state index contributed by atoms with van der Waals surface area (Å²) < 4.78 is 13.0. The van der Waals surface area contributed by atoms with E-state index in [2.05, 4.69) is 17.3 Å². The van der Waals surface area contributed by atoms with Gasteiger partial charge in [-0.25, -0.2) is 4.68 Å². The van der Waals surface area contributed by atoms with E-state index in [1.807, 2.05) is 24.6 Å². The molecule has 1 saturated carbocycles. The van der Waals surface area contributed by atoms with E-state index in [4.69, 9.17) is 9.47 Å². The van der Waals surface area contributed by atoms with Gasteiger partial charge in [0, 0.05) is 11.6 Å². The number of hydrogen-bond acceptors (Lipinski definition) is 4. The van der Waals surface area contributed by atoms with Gasteiger partial charge in [0.05, 0.1) is 25.5 Å². The van der Waals surface area contributed by atoms with Crippen LogP contribution in [0.3, 0.4) is 0 Å². The first kappa shape index (κ1) is 17.3. The predicted molar refractivity (Wildman–Crippen MR) is 96.4 cm³/mol. The highest BCUT2D eigenvalue weighted by Crippen LogP contribution is 2.40. The molecule has 0 bridgehead atoms. The number of benzene rings is 1. The molecule has 1 atom stereocenters. The van der Waals surface area contributed by atoms with Gasteiger partial charge >= 0.3 is 0 Å². The summed E-state index contributed by atoms with van der Waals surface area (Å²) in [4.78, 5) is 12.6. The third-order valence-corrected chi connectivity index (χ3v) is 4.41. The van der Waals surface area contributed by atoms with Crippen LogP contribution in [0.1, 0.15) is 50.0 Å². The molecule has 3 rings (SSSR count). The summed E-state index contributed by atoms with van der Waals surface area (Å²) in [6, 6.07) is 7.36. The Hall–Kier alpha value is -2.50. The van der Waals surface area contributed by atoms with Crippen molar-refractivity contribution in [2.45, 2.75) is 39.7 Å². The van der Waals surface area contributed by atoms with E-state index in [-0.39, 0.29) is 5.91 Å². The van der Waals surface area contributed by atoms with E-state index in [1.165, 1.54) is 12.8 Å². The van der Waals surface area contributed by atoms with E-state index in [0.29, 0.717) is 42.2 Å². The Balaban J connectivity index is 1.77. The molecule has 6 heteroatoms. The van der Waals surface area contributed by atoms with Gasteiger partial charge in [-0.05, 0) is 57.7 Å². The minimum absolute atomic E-state index is 0.186. The molecule has 1 amide bonds. The molecule has 1 aromatic carbocycles. The average Bonchev–Trinajstić information content (AvgIpc) is 3.36. The maximum Gasteiger partial charge on any atom is 0.256 e. The average molecular weight is 343 g/mol. The fraction of sp³-hybridized carbons (Fsp3) is 0.474.